The first-order valence-electron chi connectivity index (χ1n) is 12.3. The third kappa shape index (κ3) is 5.00. The molecular formula is C29H25Br2N3O4. The first-order chi connectivity index (χ1) is 18.4. The van der Waals surface area contributed by atoms with Gasteiger partial charge in [-0.25, -0.2) is 4.98 Å². The average molecular weight is 639 g/mol. The van der Waals surface area contributed by atoms with Gasteiger partial charge in [0.1, 0.15) is 5.58 Å². The summed E-state index contributed by atoms with van der Waals surface area (Å²) >= 11 is 7.30. The molecule has 0 bridgehead atoms. The van der Waals surface area contributed by atoms with Crippen molar-refractivity contribution in [3.8, 4) is 23.1 Å². The van der Waals surface area contributed by atoms with Crippen molar-refractivity contribution in [2.24, 2.45) is 5.10 Å². The number of rotatable bonds is 8. The number of nitrogens with zero attached hydrogens (tertiary/aromatic N) is 3. The minimum absolute atomic E-state index is 0.00513. The number of fused-ring (bicyclic) bond motifs is 2. The fourth-order valence-corrected chi connectivity index (χ4v) is 4.87. The van der Waals surface area contributed by atoms with Crippen molar-refractivity contribution < 1.29 is 13.9 Å². The number of aromatic nitrogens is 2. The summed E-state index contributed by atoms with van der Waals surface area (Å²) in [5.41, 5.74) is 1.64. The molecule has 0 fully saturated rings. The third-order valence-corrected chi connectivity index (χ3v) is 8.20. The molecule has 194 valence electrons. The molecule has 3 aromatic carbocycles. The number of ether oxygens (including phenoxy) is 2. The van der Waals surface area contributed by atoms with Crippen LogP contribution in [0.5, 0.6) is 11.5 Å². The fraction of sp³-hybridized carbons (Fsp3) is 0.207. The summed E-state index contributed by atoms with van der Waals surface area (Å²) in [6.45, 7) is 6.44. The van der Waals surface area contributed by atoms with Gasteiger partial charge < -0.3 is 13.9 Å². The Morgan fingerprint density at radius 1 is 1.08 bits per heavy atom. The molecule has 0 aliphatic rings. The molecule has 0 amide bonds. The predicted octanol–water partition coefficient (Wildman–Crippen LogP) is 7.79. The van der Waals surface area contributed by atoms with Crippen LogP contribution in [0.3, 0.4) is 0 Å². The van der Waals surface area contributed by atoms with E-state index >= 15 is 0 Å². The molecule has 0 saturated heterocycles. The van der Waals surface area contributed by atoms with Gasteiger partial charge in [0.25, 0.3) is 5.56 Å². The van der Waals surface area contributed by atoms with Gasteiger partial charge in [-0.3, -0.25) is 4.79 Å². The van der Waals surface area contributed by atoms with Crippen LogP contribution in [-0.2, 0) is 0 Å². The molecule has 0 radical (unpaired) electrons. The number of para-hydroxylation sites is 2. The molecule has 2 heterocycles. The van der Waals surface area contributed by atoms with Crippen LogP contribution in [0.1, 0.15) is 32.8 Å². The van der Waals surface area contributed by atoms with Crippen LogP contribution in [0.25, 0.3) is 33.5 Å². The van der Waals surface area contributed by atoms with E-state index in [1.165, 1.54) is 4.68 Å². The highest BCUT2D eigenvalue weighted by Gasteiger charge is 2.20. The van der Waals surface area contributed by atoms with Crippen LogP contribution in [0.15, 0.2) is 83.9 Å². The van der Waals surface area contributed by atoms with Crippen molar-refractivity contribution in [2.45, 2.75) is 33.3 Å². The van der Waals surface area contributed by atoms with Gasteiger partial charge in [0.15, 0.2) is 17.3 Å². The second-order valence-electron chi connectivity index (χ2n) is 8.65. The molecule has 38 heavy (non-hydrogen) atoms. The summed E-state index contributed by atoms with van der Waals surface area (Å²) in [5.74, 6) is 1.93. The normalized spacial score (nSPS) is 12.4. The Morgan fingerprint density at radius 2 is 1.84 bits per heavy atom. The lowest BCUT2D eigenvalue weighted by atomic mass is 10.2. The molecule has 5 rings (SSSR count). The van der Waals surface area contributed by atoms with E-state index in [0.717, 1.165) is 16.3 Å². The SMILES string of the molecule is CCOc1cc(C=Nn2c(-c3cc4ccccc4o3)nc3ccccc3c2=O)c(Br)c(Br)c1O[C@@H](C)CC. The maximum absolute atomic E-state index is 13.6. The minimum atomic E-state index is -0.306. The van der Waals surface area contributed by atoms with E-state index in [1.54, 1.807) is 24.4 Å². The number of furan rings is 1. The highest BCUT2D eigenvalue weighted by molar-refractivity contribution is 9.13. The molecule has 1 atom stereocenters. The zero-order chi connectivity index (χ0) is 26.8. The second-order valence-corrected chi connectivity index (χ2v) is 10.2. The molecule has 0 N–H and O–H groups in total. The predicted molar refractivity (Wildman–Crippen MR) is 158 cm³/mol. The van der Waals surface area contributed by atoms with Crippen molar-refractivity contribution in [2.75, 3.05) is 6.61 Å². The Labute approximate surface area is 236 Å². The standard InChI is InChI=1S/C29H25Br2N3O4/c1-4-17(3)37-27-23(36-5-2)15-19(25(30)26(27)31)16-32-34-28(24-14-18-10-6-9-13-22(18)38-24)33-21-12-8-7-11-20(21)29(34)35/h6-17H,4-5H2,1-3H3/t17-/m0/s1. The number of hydrogen-bond acceptors (Lipinski definition) is 6. The maximum atomic E-state index is 13.6. The third-order valence-electron chi connectivity index (χ3n) is 6.06. The molecule has 0 aliphatic heterocycles. The topological polar surface area (TPSA) is 78.9 Å². The zero-order valence-electron chi connectivity index (χ0n) is 21.1. The average Bonchev–Trinajstić information content (AvgIpc) is 3.37. The fourth-order valence-electron chi connectivity index (χ4n) is 3.96. The maximum Gasteiger partial charge on any atom is 0.282 e. The molecule has 0 aliphatic carbocycles. The van der Waals surface area contributed by atoms with Crippen LogP contribution in [0, 0.1) is 0 Å². The summed E-state index contributed by atoms with van der Waals surface area (Å²) in [6.07, 6.45) is 2.45. The van der Waals surface area contributed by atoms with E-state index in [2.05, 4.69) is 43.9 Å². The summed E-state index contributed by atoms with van der Waals surface area (Å²) < 4.78 is 20.8. The van der Waals surface area contributed by atoms with Crippen molar-refractivity contribution in [3.05, 3.63) is 85.5 Å². The minimum Gasteiger partial charge on any atom is -0.490 e. The van der Waals surface area contributed by atoms with Crippen molar-refractivity contribution >= 4 is 59.9 Å². The first kappa shape index (κ1) is 26.2. The van der Waals surface area contributed by atoms with Crippen LogP contribution >= 0.6 is 31.9 Å². The highest BCUT2D eigenvalue weighted by Crippen LogP contribution is 2.43. The Balaban J connectivity index is 1.67. The molecule has 0 unspecified atom stereocenters. The lowest BCUT2D eigenvalue weighted by molar-refractivity contribution is 0.201. The van der Waals surface area contributed by atoms with E-state index < -0.39 is 0 Å². The van der Waals surface area contributed by atoms with Gasteiger partial charge in [0, 0.05) is 15.4 Å². The summed E-state index contributed by atoms with van der Waals surface area (Å²) in [4.78, 5) is 18.3. The van der Waals surface area contributed by atoms with Gasteiger partial charge in [-0.1, -0.05) is 37.3 Å². The van der Waals surface area contributed by atoms with Gasteiger partial charge in [-0.05, 0) is 82.5 Å². The number of halogens is 2. The zero-order valence-corrected chi connectivity index (χ0v) is 24.2. The highest BCUT2D eigenvalue weighted by atomic mass is 79.9. The lowest BCUT2D eigenvalue weighted by Crippen LogP contribution is -2.20. The van der Waals surface area contributed by atoms with Gasteiger partial charge in [-0.2, -0.15) is 9.78 Å². The van der Waals surface area contributed by atoms with E-state index in [0.29, 0.717) is 56.2 Å². The Hall–Kier alpha value is -3.43. The molecule has 0 spiro atoms. The van der Waals surface area contributed by atoms with Crippen LogP contribution in [-0.4, -0.2) is 28.6 Å². The van der Waals surface area contributed by atoms with Gasteiger partial charge >= 0.3 is 0 Å². The number of benzene rings is 3. The van der Waals surface area contributed by atoms with Gasteiger partial charge in [0.2, 0.25) is 5.82 Å². The molecular weight excluding hydrogens is 614 g/mol. The van der Waals surface area contributed by atoms with Crippen LogP contribution in [0.4, 0.5) is 0 Å². The van der Waals surface area contributed by atoms with Crippen molar-refractivity contribution in [1.82, 2.24) is 9.66 Å². The molecule has 9 heteroatoms. The quantitative estimate of drug-likeness (QED) is 0.162. The molecule has 2 aromatic heterocycles. The first-order valence-corrected chi connectivity index (χ1v) is 13.9. The smallest absolute Gasteiger partial charge is 0.282 e. The number of hydrogen-bond donors (Lipinski definition) is 0. The molecule has 5 aromatic rings. The Kier molecular flexibility index (Phi) is 7.67. The van der Waals surface area contributed by atoms with E-state index in [9.17, 15) is 4.79 Å². The lowest BCUT2D eigenvalue weighted by Gasteiger charge is -2.19. The summed E-state index contributed by atoms with van der Waals surface area (Å²) in [6, 6.07) is 18.5. The van der Waals surface area contributed by atoms with E-state index in [-0.39, 0.29) is 11.7 Å². The monoisotopic (exact) mass is 637 g/mol. The van der Waals surface area contributed by atoms with Crippen LogP contribution < -0.4 is 15.0 Å². The second kappa shape index (κ2) is 11.1. The largest absolute Gasteiger partial charge is 0.490 e. The van der Waals surface area contributed by atoms with E-state index in [4.69, 9.17) is 18.9 Å². The van der Waals surface area contributed by atoms with Crippen LogP contribution in [0.2, 0.25) is 0 Å². The molecule has 7 nitrogen and oxygen atoms in total. The van der Waals surface area contributed by atoms with Crippen molar-refractivity contribution in [1.29, 1.82) is 0 Å². The summed E-state index contributed by atoms with van der Waals surface area (Å²) in [7, 11) is 0. The van der Waals surface area contributed by atoms with Gasteiger partial charge in [-0.15, -0.1) is 0 Å². The molecule has 0 saturated carbocycles. The Morgan fingerprint density at radius 3 is 2.61 bits per heavy atom. The van der Waals surface area contributed by atoms with Crippen molar-refractivity contribution in [3.63, 3.8) is 0 Å². The summed E-state index contributed by atoms with van der Waals surface area (Å²) in [5, 5.41) is 5.96. The van der Waals surface area contributed by atoms with E-state index in [1.807, 2.05) is 56.3 Å². The Bertz CT molecular complexity index is 1690. The van der Waals surface area contributed by atoms with Gasteiger partial charge in [0.05, 0.1) is 34.3 Å².